The highest BCUT2D eigenvalue weighted by molar-refractivity contribution is 5.52. The molecule has 1 N–H and O–H groups in total. The first-order chi connectivity index (χ1) is 4.97. The maximum Gasteiger partial charge on any atom is 0.184 e. The van der Waals surface area contributed by atoms with Crippen LogP contribution in [0.2, 0.25) is 0 Å². The lowest BCUT2D eigenvalue weighted by Crippen LogP contribution is -2.15. The van der Waals surface area contributed by atoms with Crippen LogP contribution in [0.25, 0.3) is 6.08 Å². The van der Waals surface area contributed by atoms with Gasteiger partial charge in [-0.05, 0) is 6.08 Å². The van der Waals surface area contributed by atoms with Crippen LogP contribution < -0.4 is 10.3 Å². The van der Waals surface area contributed by atoms with E-state index in [4.69, 9.17) is 4.84 Å². The fourth-order valence-corrected chi connectivity index (χ4v) is 0.743. The van der Waals surface area contributed by atoms with Gasteiger partial charge in [-0.15, -0.1) is 5.10 Å². The van der Waals surface area contributed by atoms with Crippen molar-refractivity contribution in [3.63, 3.8) is 0 Å². The van der Waals surface area contributed by atoms with Crippen LogP contribution in [0.3, 0.4) is 0 Å². The van der Waals surface area contributed by atoms with E-state index >= 15 is 0 Å². The van der Waals surface area contributed by atoms with Gasteiger partial charge < -0.3 is 4.84 Å². The van der Waals surface area contributed by atoms with Crippen molar-refractivity contribution in [3.8, 4) is 5.75 Å². The Labute approximate surface area is 57.5 Å². The number of hydrogen-bond donors (Lipinski definition) is 1. The lowest BCUT2D eigenvalue weighted by molar-refractivity contribution is 0.237. The molecule has 0 amide bonds. The van der Waals surface area contributed by atoms with Crippen molar-refractivity contribution in [2.75, 3.05) is 0 Å². The molecule has 2 heterocycles. The Morgan fingerprint density at radius 1 is 1.50 bits per heavy atom. The summed E-state index contributed by atoms with van der Waals surface area (Å²) in [7, 11) is 0. The zero-order valence-electron chi connectivity index (χ0n) is 5.11. The van der Waals surface area contributed by atoms with Crippen molar-refractivity contribution in [3.05, 3.63) is 24.2 Å². The van der Waals surface area contributed by atoms with E-state index in [1.165, 1.54) is 0 Å². The summed E-state index contributed by atoms with van der Waals surface area (Å²) in [6.45, 7) is 0. The summed E-state index contributed by atoms with van der Waals surface area (Å²) in [6.07, 6.45) is 5.04. The Kier molecular flexibility index (Phi) is 1.04. The molecule has 0 spiro atoms. The number of nitrogens with zero attached hydrogens (tertiary/aromatic N) is 2. The van der Waals surface area contributed by atoms with Crippen LogP contribution in [0.1, 0.15) is 5.69 Å². The fraction of sp³-hybridized carbons (Fsp3) is 0. The van der Waals surface area contributed by atoms with E-state index in [2.05, 4.69) is 15.7 Å². The lowest BCUT2D eigenvalue weighted by Gasteiger charge is -2.09. The molecule has 4 nitrogen and oxygen atoms in total. The van der Waals surface area contributed by atoms with Crippen LogP contribution in [0.5, 0.6) is 5.75 Å². The molecule has 4 heteroatoms. The molecule has 2 rings (SSSR count). The molecule has 0 unspecified atom stereocenters. The van der Waals surface area contributed by atoms with Gasteiger partial charge >= 0.3 is 0 Å². The van der Waals surface area contributed by atoms with Gasteiger partial charge in [-0.2, -0.15) is 5.10 Å². The highest BCUT2D eigenvalue weighted by atomic mass is 16.6. The number of hydroxylamine groups is 1. The Balaban J connectivity index is 2.54. The Bertz CT molecular complexity index is 271. The normalized spacial score (nSPS) is 13.2. The van der Waals surface area contributed by atoms with Crippen molar-refractivity contribution >= 4 is 6.08 Å². The summed E-state index contributed by atoms with van der Waals surface area (Å²) in [5.74, 6) is 0.706. The van der Waals surface area contributed by atoms with Crippen molar-refractivity contribution in [2.45, 2.75) is 0 Å². The quantitative estimate of drug-likeness (QED) is 0.557. The number of rotatable bonds is 0. The van der Waals surface area contributed by atoms with Gasteiger partial charge in [0.1, 0.15) is 5.69 Å². The second kappa shape index (κ2) is 1.98. The topological polar surface area (TPSA) is 47.0 Å². The van der Waals surface area contributed by atoms with Crippen LogP contribution in [-0.2, 0) is 0 Å². The summed E-state index contributed by atoms with van der Waals surface area (Å²) in [5, 5.41) is 7.51. The molecule has 0 radical (unpaired) electrons. The predicted octanol–water partition coefficient (Wildman–Crippen LogP) is 0.344. The zero-order valence-corrected chi connectivity index (χ0v) is 5.11. The maximum atomic E-state index is 4.98. The molecule has 0 saturated carbocycles. The molecule has 0 aliphatic carbocycles. The average molecular weight is 135 g/mol. The first kappa shape index (κ1) is 5.22. The summed E-state index contributed by atoms with van der Waals surface area (Å²) in [6, 6.07) is 1.75. The summed E-state index contributed by atoms with van der Waals surface area (Å²) in [4.78, 5) is 4.98. The van der Waals surface area contributed by atoms with Crippen molar-refractivity contribution < 1.29 is 4.84 Å². The fourth-order valence-electron chi connectivity index (χ4n) is 0.743. The number of nitrogens with one attached hydrogen (secondary N) is 1. The molecular weight excluding hydrogens is 130 g/mol. The van der Waals surface area contributed by atoms with E-state index < -0.39 is 0 Å². The average Bonchev–Trinajstić information content (AvgIpc) is 2.05. The van der Waals surface area contributed by atoms with Gasteiger partial charge in [-0.3, -0.25) is 0 Å². The highest BCUT2D eigenvalue weighted by Crippen LogP contribution is 2.16. The smallest absolute Gasteiger partial charge is 0.184 e. The van der Waals surface area contributed by atoms with Crippen LogP contribution in [0, 0.1) is 0 Å². The Morgan fingerprint density at radius 3 is 3.40 bits per heavy atom. The van der Waals surface area contributed by atoms with Gasteiger partial charge in [-0.1, -0.05) is 0 Å². The number of hydrogen-bond acceptors (Lipinski definition) is 4. The van der Waals surface area contributed by atoms with Gasteiger partial charge in [0.05, 0.1) is 6.20 Å². The number of fused-ring (bicyclic) bond motifs is 1. The van der Waals surface area contributed by atoms with Gasteiger partial charge in [0, 0.05) is 12.3 Å². The van der Waals surface area contributed by atoms with Crippen molar-refractivity contribution in [2.24, 2.45) is 0 Å². The van der Waals surface area contributed by atoms with Crippen molar-refractivity contribution in [1.29, 1.82) is 0 Å². The first-order valence-electron chi connectivity index (χ1n) is 2.87. The van der Waals surface area contributed by atoms with E-state index in [-0.39, 0.29) is 0 Å². The van der Waals surface area contributed by atoms with Crippen LogP contribution in [0.15, 0.2) is 18.5 Å². The standard InChI is InChI=1S/C6H5N3O/c1-4-8-10-6-2-3-7-9-5(1)6/h1-4,8H. The monoisotopic (exact) mass is 135 g/mol. The molecule has 1 aromatic heterocycles. The molecule has 0 aromatic carbocycles. The molecular formula is C6H5N3O. The lowest BCUT2D eigenvalue weighted by atomic mass is 10.3. The van der Waals surface area contributed by atoms with E-state index in [9.17, 15) is 0 Å². The third kappa shape index (κ3) is 0.699. The van der Waals surface area contributed by atoms with E-state index in [0.29, 0.717) is 5.75 Å². The molecule has 0 atom stereocenters. The maximum absolute atomic E-state index is 4.98. The second-order valence-electron chi connectivity index (χ2n) is 1.83. The Morgan fingerprint density at radius 2 is 2.50 bits per heavy atom. The molecule has 10 heavy (non-hydrogen) atoms. The van der Waals surface area contributed by atoms with Gasteiger partial charge in [0.25, 0.3) is 0 Å². The SMILES string of the molecule is C1=Cc2nnccc2ON1. The third-order valence-corrected chi connectivity index (χ3v) is 1.19. The highest BCUT2D eigenvalue weighted by Gasteiger charge is 2.04. The van der Waals surface area contributed by atoms with Crippen LogP contribution in [0.4, 0.5) is 0 Å². The molecule has 0 fully saturated rings. The minimum absolute atomic E-state index is 0.706. The molecule has 0 bridgehead atoms. The van der Waals surface area contributed by atoms with Gasteiger partial charge in [-0.25, -0.2) is 5.48 Å². The Hall–Kier alpha value is -1.58. The molecule has 50 valence electrons. The van der Waals surface area contributed by atoms with E-state index in [0.717, 1.165) is 5.69 Å². The van der Waals surface area contributed by atoms with Crippen LogP contribution in [-0.4, -0.2) is 10.2 Å². The van der Waals surface area contributed by atoms with E-state index in [1.807, 2.05) is 0 Å². The van der Waals surface area contributed by atoms with Gasteiger partial charge in [0.2, 0.25) is 0 Å². The molecule has 0 saturated heterocycles. The first-order valence-corrected chi connectivity index (χ1v) is 2.87. The minimum Gasteiger partial charge on any atom is -0.380 e. The summed E-state index contributed by atoms with van der Waals surface area (Å²) in [5.41, 5.74) is 3.34. The van der Waals surface area contributed by atoms with Gasteiger partial charge in [0.15, 0.2) is 5.75 Å². The molecule has 1 aromatic rings. The predicted molar refractivity (Wildman–Crippen MR) is 34.8 cm³/mol. The zero-order chi connectivity index (χ0) is 6.81. The molecule has 1 aliphatic heterocycles. The molecule has 1 aliphatic rings. The minimum atomic E-state index is 0.706. The summed E-state index contributed by atoms with van der Waals surface area (Å²) >= 11 is 0. The third-order valence-electron chi connectivity index (χ3n) is 1.19. The van der Waals surface area contributed by atoms with E-state index in [1.54, 1.807) is 24.5 Å². The van der Waals surface area contributed by atoms with Crippen LogP contribution >= 0.6 is 0 Å². The largest absolute Gasteiger partial charge is 0.380 e. The summed E-state index contributed by atoms with van der Waals surface area (Å²) < 4.78 is 0. The second-order valence-corrected chi connectivity index (χ2v) is 1.83. The number of aromatic nitrogens is 2. The van der Waals surface area contributed by atoms with Crippen molar-refractivity contribution in [1.82, 2.24) is 15.7 Å².